The number of rotatable bonds is 5. The van der Waals surface area contributed by atoms with Gasteiger partial charge in [0.2, 0.25) is 0 Å². The maximum absolute atomic E-state index is 5.46. The molecule has 0 saturated carbocycles. The van der Waals surface area contributed by atoms with Crippen molar-refractivity contribution in [1.29, 1.82) is 0 Å². The quantitative estimate of drug-likeness (QED) is 0.674. The number of nitrogens with zero attached hydrogens (tertiary/aromatic N) is 5. The molecule has 0 aliphatic carbocycles. The molecule has 7 nitrogen and oxygen atoms in total. The highest BCUT2D eigenvalue weighted by atomic mass is 16.5. The zero-order valence-electron chi connectivity index (χ0n) is 17.2. The van der Waals surface area contributed by atoms with E-state index >= 15 is 0 Å². The number of fused-ring (bicyclic) bond motifs is 1. The molecule has 0 aromatic carbocycles. The van der Waals surface area contributed by atoms with E-state index in [4.69, 9.17) is 14.5 Å². The first kappa shape index (κ1) is 20.2. The topological polar surface area (TPSA) is 64.8 Å². The summed E-state index contributed by atoms with van der Waals surface area (Å²) in [5.41, 5.74) is 4.99. The molecule has 4 heterocycles. The lowest BCUT2D eigenvalue weighted by Gasteiger charge is -2.27. The number of hydrogen-bond donors (Lipinski definition) is 0. The maximum Gasteiger partial charge on any atom is 0.181 e. The van der Waals surface area contributed by atoms with Gasteiger partial charge >= 0.3 is 0 Å². The summed E-state index contributed by atoms with van der Waals surface area (Å²) in [6.45, 7) is 9.83. The average Bonchev–Trinajstić information content (AvgIpc) is 3.10. The Kier molecular flexibility index (Phi) is 6.95. The summed E-state index contributed by atoms with van der Waals surface area (Å²) in [5.74, 6) is 0.912. The van der Waals surface area contributed by atoms with Crippen LogP contribution in [0.15, 0.2) is 30.7 Å². The van der Waals surface area contributed by atoms with E-state index in [0.717, 1.165) is 66.8 Å². The summed E-state index contributed by atoms with van der Waals surface area (Å²) in [4.78, 5) is 16.2. The van der Waals surface area contributed by atoms with Crippen molar-refractivity contribution < 1.29 is 9.47 Å². The molecular weight excluding hydrogens is 354 g/mol. The average molecular weight is 383 g/mol. The van der Waals surface area contributed by atoms with Crippen molar-refractivity contribution in [2.45, 2.75) is 27.2 Å². The van der Waals surface area contributed by atoms with Crippen LogP contribution >= 0.6 is 0 Å². The van der Waals surface area contributed by atoms with Crippen LogP contribution in [-0.4, -0.2) is 59.4 Å². The van der Waals surface area contributed by atoms with Crippen LogP contribution < -0.4 is 4.90 Å². The van der Waals surface area contributed by atoms with Gasteiger partial charge in [-0.15, -0.1) is 0 Å². The highest BCUT2D eigenvalue weighted by molar-refractivity contribution is 5.73. The summed E-state index contributed by atoms with van der Waals surface area (Å²) in [7, 11) is 1.70. The Hall–Kier alpha value is -2.51. The fourth-order valence-electron chi connectivity index (χ4n) is 3.34. The molecule has 0 atom stereocenters. The van der Waals surface area contributed by atoms with Gasteiger partial charge in [0.15, 0.2) is 11.5 Å². The van der Waals surface area contributed by atoms with E-state index in [9.17, 15) is 0 Å². The number of anilines is 1. The number of methoxy groups -OCH3 is 1. The predicted octanol–water partition coefficient (Wildman–Crippen LogP) is 3.15. The molecule has 4 rings (SSSR count). The zero-order chi connectivity index (χ0) is 19.9. The number of morpholine rings is 1. The standard InChI is InChI=1S/C19H23N5O2.C2H6/c1-14-17(15-3-4-16(21-13-15)5-10-25-2)24-7-6-20-18(19(24)22-14)23-8-11-26-12-9-23;1-2/h3-4,6-7,13H,5,8-12H2,1-2H3;1-2H3. The summed E-state index contributed by atoms with van der Waals surface area (Å²) in [6.07, 6.45) is 6.53. The van der Waals surface area contributed by atoms with Crippen LogP contribution in [-0.2, 0) is 15.9 Å². The number of aromatic nitrogens is 4. The van der Waals surface area contributed by atoms with E-state index in [2.05, 4.69) is 31.4 Å². The highest BCUT2D eigenvalue weighted by Gasteiger charge is 2.20. The van der Waals surface area contributed by atoms with Crippen LogP contribution in [0.25, 0.3) is 16.9 Å². The van der Waals surface area contributed by atoms with Crippen molar-refractivity contribution in [3.05, 3.63) is 42.1 Å². The summed E-state index contributed by atoms with van der Waals surface area (Å²) >= 11 is 0. The molecule has 1 fully saturated rings. The minimum atomic E-state index is 0.676. The first-order valence-electron chi connectivity index (χ1n) is 9.88. The van der Waals surface area contributed by atoms with Gasteiger partial charge in [-0.25, -0.2) is 9.97 Å². The van der Waals surface area contributed by atoms with Crippen molar-refractivity contribution in [2.75, 3.05) is 44.9 Å². The van der Waals surface area contributed by atoms with Gasteiger partial charge < -0.3 is 14.4 Å². The second-order valence-electron chi connectivity index (χ2n) is 6.37. The van der Waals surface area contributed by atoms with Crippen LogP contribution in [0, 0.1) is 6.92 Å². The lowest BCUT2D eigenvalue weighted by Crippen LogP contribution is -2.37. The molecule has 3 aromatic heterocycles. The van der Waals surface area contributed by atoms with Gasteiger partial charge in [-0.1, -0.05) is 13.8 Å². The fourth-order valence-corrected chi connectivity index (χ4v) is 3.34. The van der Waals surface area contributed by atoms with Crippen LogP contribution in [0.5, 0.6) is 0 Å². The van der Waals surface area contributed by atoms with Crippen molar-refractivity contribution in [2.24, 2.45) is 0 Å². The van der Waals surface area contributed by atoms with Crippen LogP contribution in [0.2, 0.25) is 0 Å². The molecule has 0 radical (unpaired) electrons. The minimum absolute atomic E-state index is 0.676. The normalized spacial score (nSPS) is 14.1. The summed E-state index contributed by atoms with van der Waals surface area (Å²) in [5, 5.41) is 0. The second-order valence-corrected chi connectivity index (χ2v) is 6.37. The van der Waals surface area contributed by atoms with Gasteiger partial charge in [-0.2, -0.15) is 0 Å². The number of pyridine rings is 1. The third-order valence-corrected chi connectivity index (χ3v) is 4.67. The molecule has 0 unspecified atom stereocenters. The van der Waals surface area contributed by atoms with Gasteiger partial charge in [0, 0.05) is 56.5 Å². The number of ether oxygens (including phenoxy) is 2. The summed E-state index contributed by atoms with van der Waals surface area (Å²) in [6, 6.07) is 4.15. The lowest BCUT2D eigenvalue weighted by molar-refractivity contribution is 0.122. The van der Waals surface area contributed by atoms with Gasteiger partial charge in [-0.05, 0) is 19.1 Å². The lowest BCUT2D eigenvalue weighted by atomic mass is 10.1. The summed E-state index contributed by atoms with van der Waals surface area (Å²) < 4.78 is 12.7. The number of aryl methyl sites for hydroxylation is 1. The van der Waals surface area contributed by atoms with Crippen molar-refractivity contribution in [3.8, 4) is 11.3 Å². The van der Waals surface area contributed by atoms with E-state index in [1.54, 1.807) is 7.11 Å². The monoisotopic (exact) mass is 383 g/mol. The van der Waals surface area contributed by atoms with Crippen molar-refractivity contribution in [1.82, 2.24) is 19.4 Å². The van der Waals surface area contributed by atoms with E-state index in [1.807, 2.05) is 39.4 Å². The van der Waals surface area contributed by atoms with Gasteiger partial charge in [-0.3, -0.25) is 9.38 Å². The molecule has 1 saturated heterocycles. The van der Waals surface area contributed by atoms with E-state index in [-0.39, 0.29) is 0 Å². The first-order chi connectivity index (χ1) is 13.8. The second kappa shape index (κ2) is 9.61. The molecule has 1 aliphatic heterocycles. The van der Waals surface area contributed by atoms with E-state index in [1.165, 1.54) is 0 Å². The Balaban J connectivity index is 0.00000109. The SMILES string of the molecule is CC.COCCc1ccc(-c2c(C)nc3c(N4CCOCC4)nccn23)cn1. The Morgan fingerprint density at radius 3 is 2.61 bits per heavy atom. The molecule has 7 heteroatoms. The molecule has 150 valence electrons. The molecular formula is C21H29N5O2. The molecule has 28 heavy (non-hydrogen) atoms. The van der Waals surface area contributed by atoms with Crippen molar-refractivity contribution in [3.63, 3.8) is 0 Å². The minimum Gasteiger partial charge on any atom is -0.384 e. The van der Waals surface area contributed by atoms with Gasteiger partial charge in [0.1, 0.15) is 0 Å². The Morgan fingerprint density at radius 1 is 1.14 bits per heavy atom. The zero-order valence-corrected chi connectivity index (χ0v) is 17.2. The van der Waals surface area contributed by atoms with Crippen molar-refractivity contribution >= 4 is 11.5 Å². The number of hydrogen-bond acceptors (Lipinski definition) is 6. The van der Waals surface area contributed by atoms with Crippen LogP contribution in [0.1, 0.15) is 25.2 Å². The molecule has 3 aromatic rings. The van der Waals surface area contributed by atoms with Gasteiger partial charge in [0.05, 0.1) is 31.2 Å². The largest absolute Gasteiger partial charge is 0.384 e. The molecule has 0 bridgehead atoms. The number of imidazole rings is 1. The highest BCUT2D eigenvalue weighted by Crippen LogP contribution is 2.28. The Bertz CT molecular complexity index is 886. The van der Waals surface area contributed by atoms with Gasteiger partial charge in [0.25, 0.3) is 0 Å². The molecule has 0 amide bonds. The molecule has 0 N–H and O–H groups in total. The van der Waals surface area contributed by atoms with E-state index in [0.29, 0.717) is 6.61 Å². The molecule has 0 spiro atoms. The third-order valence-electron chi connectivity index (χ3n) is 4.67. The third kappa shape index (κ3) is 4.15. The Labute approximate surface area is 166 Å². The van der Waals surface area contributed by atoms with Crippen LogP contribution in [0.4, 0.5) is 5.82 Å². The fraction of sp³-hybridized carbons (Fsp3) is 0.476. The van der Waals surface area contributed by atoms with Crippen LogP contribution in [0.3, 0.4) is 0 Å². The molecule has 1 aliphatic rings. The Morgan fingerprint density at radius 2 is 1.93 bits per heavy atom. The van der Waals surface area contributed by atoms with E-state index < -0.39 is 0 Å². The predicted molar refractivity (Wildman–Crippen MR) is 111 cm³/mol. The first-order valence-corrected chi connectivity index (χ1v) is 9.88. The maximum atomic E-state index is 5.46. The smallest absolute Gasteiger partial charge is 0.181 e.